The maximum absolute atomic E-state index is 12.0. The lowest BCUT2D eigenvalue weighted by atomic mass is 10.3. The lowest BCUT2D eigenvalue weighted by Crippen LogP contribution is -2.33. The summed E-state index contributed by atoms with van der Waals surface area (Å²) in [4.78, 5) is 18.4. The Labute approximate surface area is 152 Å². The Morgan fingerprint density at radius 3 is 2.87 bits per heavy atom. The van der Waals surface area contributed by atoms with E-state index in [9.17, 15) is 4.79 Å². The summed E-state index contributed by atoms with van der Waals surface area (Å²) >= 11 is 1.61. The van der Waals surface area contributed by atoms with Crippen molar-refractivity contribution in [2.75, 3.05) is 18.8 Å². The van der Waals surface area contributed by atoms with Crippen LogP contribution in [-0.4, -0.2) is 45.1 Å². The number of thioether (sulfide) groups is 1. The maximum Gasteiger partial charge on any atom is 0.232 e. The highest BCUT2D eigenvalue weighted by atomic mass is 35.5. The van der Waals surface area contributed by atoms with Gasteiger partial charge in [0.05, 0.1) is 11.4 Å². The Morgan fingerprint density at radius 2 is 2.17 bits per heavy atom. The van der Waals surface area contributed by atoms with Crippen LogP contribution in [0.25, 0.3) is 5.65 Å². The number of halogens is 2. The minimum Gasteiger partial charge on any atom is -0.340 e. The Hall–Kier alpha value is -0.950. The number of imidazole rings is 1. The van der Waals surface area contributed by atoms with Crippen LogP contribution in [0.1, 0.15) is 17.7 Å². The Morgan fingerprint density at radius 1 is 1.39 bits per heavy atom. The minimum absolute atomic E-state index is 0. The van der Waals surface area contributed by atoms with Crippen molar-refractivity contribution in [1.29, 1.82) is 0 Å². The molecule has 3 heterocycles. The van der Waals surface area contributed by atoms with Gasteiger partial charge in [-0.05, 0) is 25.0 Å². The zero-order valence-electron chi connectivity index (χ0n) is 13.0. The van der Waals surface area contributed by atoms with E-state index in [1.807, 2.05) is 21.6 Å². The van der Waals surface area contributed by atoms with E-state index in [-0.39, 0.29) is 36.8 Å². The Balaban J connectivity index is 0.00000132. The van der Waals surface area contributed by atoms with Gasteiger partial charge in [0.15, 0.2) is 0 Å². The minimum atomic E-state index is 0. The first-order chi connectivity index (χ1) is 10.1. The van der Waals surface area contributed by atoms with E-state index in [2.05, 4.69) is 24.2 Å². The van der Waals surface area contributed by atoms with E-state index in [0.717, 1.165) is 30.1 Å². The molecule has 0 saturated carbocycles. The molecule has 1 amide bonds. The van der Waals surface area contributed by atoms with Crippen LogP contribution in [0.15, 0.2) is 24.5 Å². The van der Waals surface area contributed by atoms with Crippen molar-refractivity contribution >= 4 is 48.1 Å². The topological polar surface area (TPSA) is 63.6 Å². The smallest absolute Gasteiger partial charge is 0.232 e. The summed E-state index contributed by atoms with van der Waals surface area (Å²) in [5, 5.41) is 0. The number of nitrogens with two attached hydrogens (primary N) is 1. The van der Waals surface area contributed by atoms with Gasteiger partial charge in [-0.15, -0.1) is 36.6 Å². The molecule has 0 radical (unpaired) electrons. The van der Waals surface area contributed by atoms with E-state index in [1.165, 1.54) is 5.56 Å². The van der Waals surface area contributed by atoms with Gasteiger partial charge in [0.2, 0.25) is 5.91 Å². The number of hydrogen-bond acceptors (Lipinski definition) is 4. The van der Waals surface area contributed by atoms with Gasteiger partial charge in [-0.2, -0.15) is 0 Å². The molecule has 1 atom stereocenters. The van der Waals surface area contributed by atoms with Crippen molar-refractivity contribution in [1.82, 2.24) is 14.3 Å². The van der Waals surface area contributed by atoms with E-state index in [4.69, 9.17) is 5.73 Å². The summed E-state index contributed by atoms with van der Waals surface area (Å²) in [6.45, 7) is 3.56. The van der Waals surface area contributed by atoms with Crippen LogP contribution in [0.2, 0.25) is 0 Å². The monoisotopic (exact) mass is 376 g/mol. The van der Waals surface area contributed by atoms with E-state index < -0.39 is 0 Å². The first-order valence-electron chi connectivity index (χ1n) is 7.17. The molecule has 0 aliphatic carbocycles. The Bertz CT molecular complexity index is 664. The van der Waals surface area contributed by atoms with Crippen LogP contribution in [0.5, 0.6) is 0 Å². The predicted molar refractivity (Wildman–Crippen MR) is 99.8 cm³/mol. The van der Waals surface area contributed by atoms with Gasteiger partial charge in [0, 0.05) is 37.3 Å². The number of amides is 1. The van der Waals surface area contributed by atoms with Crippen molar-refractivity contribution in [3.05, 3.63) is 35.8 Å². The lowest BCUT2D eigenvalue weighted by Gasteiger charge is -2.14. The van der Waals surface area contributed by atoms with Crippen LogP contribution in [0, 0.1) is 6.92 Å². The SMILES string of the molecule is Cc1ccc2nc(CSCC(=O)N3CC[C@@H](N)C3)cn2c1.Cl.Cl. The second-order valence-corrected chi connectivity index (χ2v) is 6.57. The first kappa shape index (κ1) is 20.1. The fourth-order valence-corrected chi connectivity index (χ4v) is 3.38. The van der Waals surface area contributed by atoms with Crippen LogP contribution in [0.3, 0.4) is 0 Å². The standard InChI is InChI=1S/C15H20N4OS.2ClH/c1-11-2-3-14-17-13(8-19(14)6-11)9-21-10-15(20)18-5-4-12(16)7-18;;/h2-3,6,8,12H,4-5,7,9-10,16H2,1H3;2*1H/t12-;;/m1../s1. The number of likely N-dealkylation sites (tertiary alicyclic amines) is 1. The molecular formula is C15H22Cl2N4OS. The maximum atomic E-state index is 12.0. The fourth-order valence-electron chi connectivity index (χ4n) is 2.57. The lowest BCUT2D eigenvalue weighted by molar-refractivity contribution is -0.127. The van der Waals surface area contributed by atoms with Crippen LogP contribution in [0.4, 0.5) is 0 Å². The quantitative estimate of drug-likeness (QED) is 0.888. The molecular weight excluding hydrogens is 355 g/mol. The molecule has 8 heteroatoms. The third kappa shape index (κ3) is 5.01. The number of carbonyl (C=O) groups is 1. The summed E-state index contributed by atoms with van der Waals surface area (Å²) in [6.07, 6.45) is 5.01. The normalized spacial score (nSPS) is 17.0. The summed E-state index contributed by atoms with van der Waals surface area (Å²) in [7, 11) is 0. The Kier molecular flexibility index (Phi) is 7.67. The molecule has 0 unspecified atom stereocenters. The highest BCUT2D eigenvalue weighted by Crippen LogP contribution is 2.16. The number of rotatable bonds is 4. The molecule has 0 bridgehead atoms. The van der Waals surface area contributed by atoms with Gasteiger partial charge in [0.25, 0.3) is 0 Å². The molecule has 1 aliphatic rings. The number of carbonyl (C=O) groups excluding carboxylic acids is 1. The second-order valence-electron chi connectivity index (χ2n) is 5.59. The molecule has 2 aromatic rings. The van der Waals surface area contributed by atoms with Gasteiger partial charge in [-0.25, -0.2) is 4.98 Å². The van der Waals surface area contributed by atoms with Crippen LogP contribution < -0.4 is 5.73 Å². The number of aromatic nitrogens is 2. The summed E-state index contributed by atoms with van der Waals surface area (Å²) in [5.74, 6) is 1.44. The number of hydrogen-bond donors (Lipinski definition) is 1. The zero-order chi connectivity index (χ0) is 14.8. The molecule has 0 aromatic carbocycles. The zero-order valence-corrected chi connectivity index (χ0v) is 15.4. The van der Waals surface area contributed by atoms with Crippen molar-refractivity contribution in [3.8, 4) is 0 Å². The molecule has 23 heavy (non-hydrogen) atoms. The van der Waals surface area contributed by atoms with Crippen molar-refractivity contribution in [2.45, 2.75) is 25.1 Å². The van der Waals surface area contributed by atoms with Gasteiger partial charge in [0.1, 0.15) is 5.65 Å². The van der Waals surface area contributed by atoms with Crippen molar-refractivity contribution in [2.24, 2.45) is 5.73 Å². The molecule has 1 fully saturated rings. The molecule has 1 aliphatic heterocycles. The summed E-state index contributed by atoms with van der Waals surface area (Å²) < 4.78 is 2.03. The highest BCUT2D eigenvalue weighted by Gasteiger charge is 2.23. The third-order valence-corrected chi connectivity index (χ3v) is 4.65. The van der Waals surface area contributed by atoms with Crippen molar-refractivity contribution < 1.29 is 4.79 Å². The van der Waals surface area contributed by atoms with Crippen LogP contribution >= 0.6 is 36.6 Å². The molecule has 128 valence electrons. The largest absolute Gasteiger partial charge is 0.340 e. The van der Waals surface area contributed by atoms with Crippen LogP contribution in [-0.2, 0) is 10.5 Å². The molecule has 1 saturated heterocycles. The van der Waals surface area contributed by atoms with Gasteiger partial charge in [-0.3, -0.25) is 4.79 Å². The molecule has 3 rings (SSSR count). The third-order valence-electron chi connectivity index (χ3n) is 3.70. The molecule has 5 nitrogen and oxygen atoms in total. The summed E-state index contributed by atoms with van der Waals surface area (Å²) in [6, 6.07) is 4.22. The van der Waals surface area contributed by atoms with Gasteiger partial charge >= 0.3 is 0 Å². The van der Waals surface area contributed by atoms with E-state index in [0.29, 0.717) is 12.3 Å². The average molecular weight is 377 g/mol. The molecule has 0 spiro atoms. The number of nitrogens with zero attached hydrogens (tertiary/aromatic N) is 3. The van der Waals surface area contributed by atoms with E-state index >= 15 is 0 Å². The van der Waals surface area contributed by atoms with Gasteiger partial charge < -0.3 is 15.0 Å². The molecule has 2 aromatic heterocycles. The average Bonchev–Trinajstić information content (AvgIpc) is 3.04. The van der Waals surface area contributed by atoms with Gasteiger partial charge in [-0.1, -0.05) is 6.07 Å². The summed E-state index contributed by atoms with van der Waals surface area (Å²) in [5.41, 5.74) is 9.00. The number of pyridine rings is 1. The fraction of sp³-hybridized carbons (Fsp3) is 0.467. The highest BCUT2D eigenvalue weighted by molar-refractivity contribution is 7.99. The van der Waals surface area contributed by atoms with Crippen molar-refractivity contribution in [3.63, 3.8) is 0 Å². The number of fused-ring (bicyclic) bond motifs is 1. The molecule has 2 N–H and O–H groups in total. The second kappa shape index (κ2) is 8.78. The van der Waals surface area contributed by atoms with E-state index in [1.54, 1.807) is 11.8 Å². The first-order valence-corrected chi connectivity index (χ1v) is 8.32. The predicted octanol–water partition coefficient (Wildman–Crippen LogP) is 2.28. The number of aryl methyl sites for hydroxylation is 1.